The van der Waals surface area contributed by atoms with Crippen molar-refractivity contribution in [1.29, 1.82) is 0 Å². The average Bonchev–Trinajstić information content (AvgIpc) is 2.96. The highest BCUT2D eigenvalue weighted by molar-refractivity contribution is 6.13. The zero-order chi connectivity index (χ0) is 22.3. The molecule has 1 heterocycles. The van der Waals surface area contributed by atoms with Crippen molar-refractivity contribution < 1.29 is 36.6 Å². The molecule has 2 amide bonds. The van der Waals surface area contributed by atoms with Gasteiger partial charge in [0.1, 0.15) is 0 Å². The predicted octanol–water partition coefficient (Wildman–Crippen LogP) is 3.16. The summed E-state index contributed by atoms with van der Waals surface area (Å²) < 4.78 is 66.0. The van der Waals surface area contributed by atoms with E-state index in [1.807, 2.05) is 0 Å². The molecule has 2 aromatic rings. The van der Waals surface area contributed by atoms with Crippen molar-refractivity contribution in [2.75, 3.05) is 25.5 Å². The second-order valence-electron chi connectivity index (χ2n) is 7.04. The Bertz CT molecular complexity index is 977. The molecule has 160 valence electrons. The number of alkyl halides is 3. The van der Waals surface area contributed by atoms with Crippen LogP contribution in [0.3, 0.4) is 0 Å². The van der Waals surface area contributed by atoms with Gasteiger partial charge in [-0.3, -0.25) is 9.59 Å². The summed E-state index contributed by atoms with van der Waals surface area (Å²) in [6, 6.07) is 6.94. The summed E-state index contributed by atoms with van der Waals surface area (Å²) in [6.07, 6.45) is -4.57. The molecule has 1 saturated heterocycles. The van der Waals surface area contributed by atoms with Crippen LogP contribution in [-0.4, -0.2) is 42.0 Å². The smallest absolute Gasteiger partial charge is 0.395 e. The number of nitrogens with zero attached hydrogens (tertiary/aromatic N) is 1. The predicted molar refractivity (Wildman–Crippen MR) is 96.3 cm³/mol. The van der Waals surface area contributed by atoms with E-state index in [0.29, 0.717) is 0 Å². The molecular weight excluding hydrogens is 411 g/mol. The Morgan fingerprint density at radius 1 is 1.20 bits per heavy atom. The second-order valence-corrected chi connectivity index (χ2v) is 7.04. The Morgan fingerprint density at radius 2 is 1.83 bits per heavy atom. The molecule has 5 nitrogen and oxygen atoms in total. The molecule has 1 aliphatic heterocycles. The molecule has 1 aliphatic rings. The van der Waals surface area contributed by atoms with Crippen LogP contribution in [0.2, 0.25) is 0 Å². The van der Waals surface area contributed by atoms with Gasteiger partial charge in [-0.15, -0.1) is 0 Å². The van der Waals surface area contributed by atoms with E-state index in [0.717, 1.165) is 47.4 Å². The van der Waals surface area contributed by atoms with Gasteiger partial charge in [0.25, 0.3) is 0 Å². The number of anilines is 1. The molecule has 1 fully saturated rings. The van der Waals surface area contributed by atoms with Crippen LogP contribution in [0.5, 0.6) is 0 Å². The van der Waals surface area contributed by atoms with E-state index in [4.69, 9.17) is 0 Å². The van der Waals surface area contributed by atoms with Crippen molar-refractivity contribution in [3.8, 4) is 0 Å². The number of hydrogen-bond acceptors (Lipinski definition) is 3. The molecule has 30 heavy (non-hydrogen) atoms. The molecular formula is C20H17F5N2O3. The average molecular weight is 428 g/mol. The Morgan fingerprint density at radius 3 is 2.40 bits per heavy atom. The molecule has 2 aromatic carbocycles. The molecule has 2 unspecified atom stereocenters. The highest BCUT2D eigenvalue weighted by Gasteiger charge is 2.58. The molecule has 0 spiro atoms. The van der Waals surface area contributed by atoms with Crippen LogP contribution in [0.15, 0.2) is 42.5 Å². The summed E-state index contributed by atoms with van der Waals surface area (Å²) >= 11 is 0. The number of aliphatic hydroxyl groups is 1. The summed E-state index contributed by atoms with van der Waals surface area (Å²) in [6.45, 7) is -1.05. The molecule has 0 radical (unpaired) electrons. The minimum Gasteiger partial charge on any atom is -0.395 e. The number of carbonyl (C=O) groups is 2. The van der Waals surface area contributed by atoms with Gasteiger partial charge in [-0.1, -0.05) is 18.2 Å². The van der Waals surface area contributed by atoms with Gasteiger partial charge in [0, 0.05) is 19.5 Å². The lowest BCUT2D eigenvalue weighted by molar-refractivity contribution is -0.145. The summed E-state index contributed by atoms with van der Waals surface area (Å²) in [4.78, 5) is 27.0. The number of halogens is 5. The number of likely N-dealkylation sites (tertiary alicyclic amines) is 1. The van der Waals surface area contributed by atoms with E-state index in [2.05, 4.69) is 5.32 Å². The van der Waals surface area contributed by atoms with E-state index in [9.17, 15) is 36.6 Å². The lowest BCUT2D eigenvalue weighted by Crippen LogP contribution is -2.48. The van der Waals surface area contributed by atoms with Gasteiger partial charge in [-0.25, -0.2) is 8.78 Å². The van der Waals surface area contributed by atoms with Crippen LogP contribution in [0, 0.1) is 17.0 Å². The summed E-state index contributed by atoms with van der Waals surface area (Å²) in [5.74, 6) is -5.46. The number of carbonyl (C=O) groups excluding carboxylic acids is 2. The minimum atomic E-state index is -4.57. The van der Waals surface area contributed by atoms with Crippen LogP contribution in [0.25, 0.3) is 0 Å². The molecule has 2 atom stereocenters. The summed E-state index contributed by atoms with van der Waals surface area (Å²) in [7, 11) is 1.37. The number of aliphatic hydroxyl groups excluding tert-OH is 1. The molecule has 3 rings (SSSR count). The fourth-order valence-electron chi connectivity index (χ4n) is 3.64. The van der Waals surface area contributed by atoms with Crippen molar-refractivity contribution in [2.24, 2.45) is 5.41 Å². The van der Waals surface area contributed by atoms with Crippen LogP contribution in [0.1, 0.15) is 17.0 Å². The van der Waals surface area contributed by atoms with Crippen LogP contribution >= 0.6 is 0 Å². The molecule has 0 aromatic heterocycles. The van der Waals surface area contributed by atoms with E-state index >= 15 is 0 Å². The number of likely N-dealkylation sites (N-methyl/N-ethyl adjacent to an activating group) is 1. The molecule has 10 heteroatoms. The van der Waals surface area contributed by atoms with Crippen molar-refractivity contribution >= 4 is 17.5 Å². The highest BCUT2D eigenvalue weighted by Crippen LogP contribution is 2.45. The minimum absolute atomic E-state index is 0.0657. The van der Waals surface area contributed by atoms with Gasteiger partial charge in [0.2, 0.25) is 11.8 Å². The van der Waals surface area contributed by atoms with Crippen molar-refractivity contribution in [1.82, 2.24) is 4.90 Å². The fraction of sp³-hybridized carbons (Fsp3) is 0.300. The number of nitrogens with one attached hydrogen (secondary N) is 1. The van der Waals surface area contributed by atoms with E-state index < -0.39 is 58.8 Å². The first-order valence-electron chi connectivity index (χ1n) is 8.81. The van der Waals surface area contributed by atoms with E-state index in [-0.39, 0.29) is 12.1 Å². The van der Waals surface area contributed by atoms with Crippen LogP contribution in [0.4, 0.5) is 27.6 Å². The Kier molecular flexibility index (Phi) is 5.55. The standard InChI is InChI=1S/C20H17F5N2O3/c1-27-9-13(11-5-7-12(8-6-11)20(23,24)25)19(10-28,18(27)30)17(29)26-15-4-2-3-14(21)16(15)22/h2-8,13,28H,9-10H2,1H3,(H,26,29). The number of amides is 2. The zero-order valence-corrected chi connectivity index (χ0v) is 15.6. The molecule has 0 bridgehead atoms. The topological polar surface area (TPSA) is 69.6 Å². The van der Waals surface area contributed by atoms with Crippen molar-refractivity contribution in [2.45, 2.75) is 12.1 Å². The molecule has 0 aliphatic carbocycles. The van der Waals surface area contributed by atoms with Gasteiger partial charge < -0.3 is 15.3 Å². The quantitative estimate of drug-likeness (QED) is 0.581. The lowest BCUT2D eigenvalue weighted by atomic mass is 9.73. The van der Waals surface area contributed by atoms with Gasteiger partial charge >= 0.3 is 6.18 Å². The summed E-state index contributed by atoms with van der Waals surface area (Å²) in [5, 5.41) is 12.2. The van der Waals surface area contributed by atoms with E-state index in [1.165, 1.54) is 7.05 Å². The molecule has 2 N–H and O–H groups in total. The van der Waals surface area contributed by atoms with Crippen molar-refractivity contribution in [3.63, 3.8) is 0 Å². The Labute approximate surface area is 168 Å². The Balaban J connectivity index is 2.01. The monoisotopic (exact) mass is 428 g/mol. The Hall–Kier alpha value is -3.01. The van der Waals surface area contributed by atoms with Crippen molar-refractivity contribution in [3.05, 3.63) is 65.2 Å². The van der Waals surface area contributed by atoms with Gasteiger partial charge in [0.15, 0.2) is 17.0 Å². The SMILES string of the molecule is CN1CC(c2ccc(C(F)(F)F)cc2)C(CO)(C(=O)Nc2cccc(F)c2F)C1=O. The summed E-state index contributed by atoms with van der Waals surface area (Å²) in [5.41, 5.74) is -3.34. The zero-order valence-electron chi connectivity index (χ0n) is 15.6. The third-order valence-corrected chi connectivity index (χ3v) is 5.27. The van der Waals surface area contributed by atoms with Gasteiger partial charge in [-0.05, 0) is 29.8 Å². The van der Waals surface area contributed by atoms with Gasteiger partial charge in [-0.2, -0.15) is 13.2 Å². The number of hydrogen-bond donors (Lipinski definition) is 2. The third-order valence-electron chi connectivity index (χ3n) is 5.27. The number of rotatable bonds is 4. The maximum atomic E-state index is 14.0. The third kappa shape index (κ3) is 3.51. The maximum absolute atomic E-state index is 14.0. The maximum Gasteiger partial charge on any atom is 0.416 e. The second kappa shape index (κ2) is 7.67. The molecule has 0 saturated carbocycles. The van der Waals surface area contributed by atoms with Crippen LogP contribution < -0.4 is 5.32 Å². The first-order valence-corrected chi connectivity index (χ1v) is 8.81. The van der Waals surface area contributed by atoms with Gasteiger partial charge in [0.05, 0.1) is 17.9 Å². The first-order chi connectivity index (χ1) is 14.0. The largest absolute Gasteiger partial charge is 0.416 e. The van der Waals surface area contributed by atoms with Crippen LogP contribution in [-0.2, 0) is 15.8 Å². The lowest BCUT2D eigenvalue weighted by Gasteiger charge is -2.30. The first kappa shape index (κ1) is 21.7. The highest BCUT2D eigenvalue weighted by atomic mass is 19.4. The normalized spacial score (nSPS) is 21.8. The van der Waals surface area contributed by atoms with E-state index in [1.54, 1.807) is 0 Å². The number of benzene rings is 2. The fourth-order valence-corrected chi connectivity index (χ4v) is 3.64.